The van der Waals surface area contributed by atoms with Gasteiger partial charge in [-0.05, 0) is 13.3 Å². The topological polar surface area (TPSA) is 38.8 Å². The van der Waals surface area contributed by atoms with E-state index in [2.05, 4.69) is 11.3 Å². The first kappa shape index (κ1) is 9.26. The standard InChI is InChI=1S/C9H14O3/c1-5-9(7(3)12-9)6(2)8(10)11-4/h7H,2,5H2,1,3-4H3. The molecule has 1 fully saturated rings. The maximum atomic E-state index is 11.1. The Hall–Kier alpha value is -0.830. The van der Waals surface area contributed by atoms with E-state index in [9.17, 15) is 4.79 Å². The van der Waals surface area contributed by atoms with Crippen LogP contribution < -0.4 is 0 Å². The summed E-state index contributed by atoms with van der Waals surface area (Å²) < 4.78 is 9.91. The van der Waals surface area contributed by atoms with Crippen molar-refractivity contribution in [3.05, 3.63) is 12.2 Å². The summed E-state index contributed by atoms with van der Waals surface area (Å²) in [6.07, 6.45) is 0.858. The lowest BCUT2D eigenvalue weighted by Gasteiger charge is -2.10. The fourth-order valence-electron chi connectivity index (χ4n) is 1.48. The van der Waals surface area contributed by atoms with Crippen molar-refractivity contribution in [2.45, 2.75) is 32.0 Å². The molecule has 1 aliphatic heterocycles. The second-order valence-corrected chi connectivity index (χ2v) is 2.97. The Morgan fingerprint density at radius 1 is 1.75 bits per heavy atom. The van der Waals surface area contributed by atoms with Gasteiger partial charge < -0.3 is 9.47 Å². The second kappa shape index (κ2) is 2.90. The van der Waals surface area contributed by atoms with Crippen molar-refractivity contribution in [1.82, 2.24) is 0 Å². The van der Waals surface area contributed by atoms with Gasteiger partial charge in [0.2, 0.25) is 0 Å². The van der Waals surface area contributed by atoms with E-state index in [1.54, 1.807) is 0 Å². The number of hydrogen-bond acceptors (Lipinski definition) is 3. The van der Waals surface area contributed by atoms with Crippen molar-refractivity contribution in [2.24, 2.45) is 0 Å². The van der Waals surface area contributed by atoms with Gasteiger partial charge in [-0.15, -0.1) is 0 Å². The molecule has 2 atom stereocenters. The molecular formula is C9H14O3. The van der Waals surface area contributed by atoms with Gasteiger partial charge in [0, 0.05) is 0 Å². The molecule has 3 heteroatoms. The van der Waals surface area contributed by atoms with Crippen LogP contribution in [0.1, 0.15) is 20.3 Å². The maximum absolute atomic E-state index is 11.1. The number of rotatable bonds is 3. The van der Waals surface area contributed by atoms with Crippen LogP contribution >= 0.6 is 0 Å². The molecule has 0 aromatic rings. The maximum Gasteiger partial charge on any atom is 0.336 e. The molecule has 0 radical (unpaired) electrons. The monoisotopic (exact) mass is 170 g/mol. The lowest BCUT2D eigenvalue weighted by atomic mass is 9.94. The zero-order chi connectivity index (χ0) is 9.35. The van der Waals surface area contributed by atoms with Gasteiger partial charge in [-0.3, -0.25) is 0 Å². The highest BCUT2D eigenvalue weighted by molar-refractivity contribution is 5.90. The highest BCUT2D eigenvalue weighted by Crippen LogP contribution is 2.45. The van der Waals surface area contributed by atoms with Crippen molar-refractivity contribution >= 4 is 5.97 Å². The minimum absolute atomic E-state index is 0.0918. The Bertz CT molecular complexity index is 218. The summed E-state index contributed by atoms with van der Waals surface area (Å²) in [7, 11) is 1.35. The van der Waals surface area contributed by atoms with E-state index in [1.165, 1.54) is 7.11 Å². The van der Waals surface area contributed by atoms with Crippen molar-refractivity contribution in [3.63, 3.8) is 0 Å². The van der Waals surface area contributed by atoms with Gasteiger partial charge in [0.15, 0.2) is 0 Å². The van der Waals surface area contributed by atoms with Gasteiger partial charge in [-0.1, -0.05) is 13.5 Å². The Balaban J connectivity index is 2.70. The number of carbonyl (C=O) groups is 1. The van der Waals surface area contributed by atoms with Crippen LogP contribution in [0.4, 0.5) is 0 Å². The zero-order valence-corrected chi connectivity index (χ0v) is 7.72. The fourth-order valence-corrected chi connectivity index (χ4v) is 1.48. The number of ether oxygens (including phenoxy) is 2. The summed E-state index contributed by atoms with van der Waals surface area (Å²) >= 11 is 0. The van der Waals surface area contributed by atoms with Crippen molar-refractivity contribution in [3.8, 4) is 0 Å². The van der Waals surface area contributed by atoms with Crippen LogP contribution in [-0.2, 0) is 14.3 Å². The van der Waals surface area contributed by atoms with Gasteiger partial charge in [0.1, 0.15) is 5.60 Å². The predicted octanol–water partition coefficient (Wildman–Crippen LogP) is 1.28. The van der Waals surface area contributed by atoms with Crippen LogP contribution in [0.3, 0.4) is 0 Å². The number of methoxy groups -OCH3 is 1. The third kappa shape index (κ3) is 1.14. The van der Waals surface area contributed by atoms with Gasteiger partial charge in [0.05, 0.1) is 18.8 Å². The first-order valence-electron chi connectivity index (χ1n) is 4.04. The van der Waals surface area contributed by atoms with E-state index >= 15 is 0 Å². The van der Waals surface area contributed by atoms with Crippen LogP contribution in [0.2, 0.25) is 0 Å². The molecule has 0 saturated carbocycles. The fraction of sp³-hybridized carbons (Fsp3) is 0.667. The predicted molar refractivity (Wildman–Crippen MR) is 44.7 cm³/mol. The molecule has 1 rings (SSSR count). The lowest BCUT2D eigenvalue weighted by Crippen LogP contribution is -2.22. The van der Waals surface area contributed by atoms with E-state index in [0.717, 1.165) is 6.42 Å². The molecule has 0 amide bonds. The number of hydrogen-bond donors (Lipinski definition) is 0. The average Bonchev–Trinajstić information content (AvgIpc) is 2.75. The summed E-state index contributed by atoms with van der Waals surface area (Å²) in [6, 6.07) is 0. The number of carbonyl (C=O) groups excluding carboxylic acids is 1. The largest absolute Gasteiger partial charge is 0.466 e. The molecular weight excluding hydrogens is 156 g/mol. The number of esters is 1. The molecule has 0 aliphatic carbocycles. The molecule has 1 aliphatic rings. The molecule has 0 aromatic heterocycles. The van der Waals surface area contributed by atoms with E-state index in [1.807, 2.05) is 13.8 Å². The van der Waals surface area contributed by atoms with Crippen LogP contribution in [0.15, 0.2) is 12.2 Å². The number of epoxide rings is 1. The Morgan fingerprint density at radius 3 is 2.50 bits per heavy atom. The molecule has 2 unspecified atom stereocenters. The minimum Gasteiger partial charge on any atom is -0.466 e. The quantitative estimate of drug-likeness (QED) is 0.364. The van der Waals surface area contributed by atoms with Crippen molar-refractivity contribution < 1.29 is 14.3 Å². The molecule has 0 N–H and O–H groups in total. The molecule has 1 saturated heterocycles. The highest BCUT2D eigenvalue weighted by atomic mass is 16.6. The molecule has 0 bridgehead atoms. The molecule has 3 nitrogen and oxygen atoms in total. The van der Waals surface area contributed by atoms with E-state index in [0.29, 0.717) is 5.57 Å². The van der Waals surface area contributed by atoms with E-state index in [-0.39, 0.29) is 12.1 Å². The molecule has 0 spiro atoms. The smallest absolute Gasteiger partial charge is 0.336 e. The summed E-state index contributed by atoms with van der Waals surface area (Å²) in [5.74, 6) is -0.374. The highest BCUT2D eigenvalue weighted by Gasteiger charge is 2.56. The van der Waals surface area contributed by atoms with Crippen LogP contribution in [0.25, 0.3) is 0 Å². The van der Waals surface area contributed by atoms with Gasteiger partial charge >= 0.3 is 5.97 Å². The second-order valence-electron chi connectivity index (χ2n) is 2.97. The van der Waals surface area contributed by atoms with E-state index in [4.69, 9.17) is 4.74 Å². The van der Waals surface area contributed by atoms with Gasteiger partial charge in [-0.25, -0.2) is 4.79 Å². The normalized spacial score (nSPS) is 32.8. The first-order chi connectivity index (χ1) is 5.58. The van der Waals surface area contributed by atoms with Crippen LogP contribution in [-0.4, -0.2) is 24.8 Å². The van der Waals surface area contributed by atoms with Gasteiger partial charge in [0.25, 0.3) is 0 Å². The Kier molecular flexibility index (Phi) is 2.24. The first-order valence-corrected chi connectivity index (χ1v) is 4.04. The summed E-state index contributed by atoms with van der Waals surface area (Å²) in [5.41, 5.74) is -0.00685. The molecule has 0 aromatic carbocycles. The zero-order valence-electron chi connectivity index (χ0n) is 7.72. The molecule has 12 heavy (non-hydrogen) atoms. The van der Waals surface area contributed by atoms with E-state index < -0.39 is 5.60 Å². The van der Waals surface area contributed by atoms with Crippen LogP contribution in [0.5, 0.6) is 0 Å². The summed E-state index contributed by atoms with van der Waals surface area (Å²) in [6.45, 7) is 7.58. The SMILES string of the molecule is C=C(C(=O)OC)C1(CC)OC1C. The van der Waals surface area contributed by atoms with Crippen molar-refractivity contribution in [2.75, 3.05) is 7.11 Å². The van der Waals surface area contributed by atoms with Crippen LogP contribution in [0, 0.1) is 0 Å². The molecule has 68 valence electrons. The lowest BCUT2D eigenvalue weighted by molar-refractivity contribution is -0.136. The summed E-state index contributed by atoms with van der Waals surface area (Å²) in [5, 5.41) is 0. The third-order valence-corrected chi connectivity index (χ3v) is 2.45. The third-order valence-electron chi connectivity index (χ3n) is 2.45. The molecule has 1 heterocycles. The van der Waals surface area contributed by atoms with Crippen molar-refractivity contribution in [1.29, 1.82) is 0 Å². The van der Waals surface area contributed by atoms with Gasteiger partial charge in [-0.2, -0.15) is 0 Å². The Morgan fingerprint density at radius 2 is 2.25 bits per heavy atom. The Labute approximate surface area is 72.4 Å². The summed E-state index contributed by atoms with van der Waals surface area (Å²) in [4.78, 5) is 11.1. The minimum atomic E-state index is -0.437. The average molecular weight is 170 g/mol.